The second-order valence-electron chi connectivity index (χ2n) is 13.5. The summed E-state index contributed by atoms with van der Waals surface area (Å²) in [5.41, 5.74) is -0.348. The molecule has 2 amide bonds. The molecule has 0 saturated heterocycles. The summed E-state index contributed by atoms with van der Waals surface area (Å²) in [5.74, 6) is 3.88. The number of carbonyl (C=O) groups excluding carboxylic acids is 2. The molecule has 0 aromatic heterocycles. The second-order valence-corrected chi connectivity index (χ2v) is 13.5. The molecule has 4 N–H and O–H groups in total. The molecule has 0 atom stereocenters. The minimum Gasteiger partial charge on any atom is -0.478 e. The third-order valence-corrected chi connectivity index (χ3v) is 9.15. The van der Waals surface area contributed by atoms with Crippen molar-refractivity contribution in [1.82, 2.24) is 16.0 Å². The van der Waals surface area contributed by atoms with E-state index in [1.54, 1.807) is 6.20 Å². The number of ether oxygens (including phenoxy) is 1. The van der Waals surface area contributed by atoms with Gasteiger partial charge in [0.25, 0.3) is 5.91 Å². The van der Waals surface area contributed by atoms with Gasteiger partial charge in [-0.05, 0) is 94.0 Å². The van der Waals surface area contributed by atoms with E-state index in [9.17, 15) is 9.59 Å². The zero-order valence-corrected chi connectivity index (χ0v) is 24.0. The fourth-order valence-electron chi connectivity index (χ4n) is 7.49. The first kappa shape index (κ1) is 28.7. The molecule has 0 spiro atoms. The maximum Gasteiger partial charge on any atom is 0.258 e. The maximum absolute atomic E-state index is 13.4. The zero-order valence-electron chi connectivity index (χ0n) is 24.0. The van der Waals surface area contributed by atoms with E-state index in [-0.39, 0.29) is 35.2 Å². The monoisotopic (exact) mass is 526 g/mol. The molecule has 0 heterocycles. The van der Waals surface area contributed by atoms with E-state index in [0.29, 0.717) is 30.8 Å². The van der Waals surface area contributed by atoms with Crippen molar-refractivity contribution in [3.8, 4) is 0 Å². The lowest BCUT2D eigenvalue weighted by Gasteiger charge is -2.54. The molecule has 0 unspecified atom stereocenters. The Hall–Kier alpha value is -2.31. The van der Waals surface area contributed by atoms with Crippen LogP contribution in [0.3, 0.4) is 0 Å². The van der Waals surface area contributed by atoms with E-state index in [0.717, 1.165) is 24.5 Å². The van der Waals surface area contributed by atoms with Crippen LogP contribution in [0.2, 0.25) is 0 Å². The molecule has 7 nitrogen and oxygen atoms in total. The average molecular weight is 527 g/mol. The van der Waals surface area contributed by atoms with E-state index < -0.39 is 5.54 Å². The summed E-state index contributed by atoms with van der Waals surface area (Å²) in [4.78, 5) is 26.0. The smallest absolute Gasteiger partial charge is 0.258 e. The summed E-state index contributed by atoms with van der Waals surface area (Å²) in [6.07, 6.45) is 17.5. The Balaban J connectivity index is 1.37. The number of amides is 2. The van der Waals surface area contributed by atoms with Crippen molar-refractivity contribution < 1.29 is 14.3 Å². The summed E-state index contributed by atoms with van der Waals surface area (Å²) in [5, 5.41) is 17.6. The maximum atomic E-state index is 13.4. The van der Waals surface area contributed by atoms with E-state index in [1.807, 2.05) is 19.9 Å². The highest BCUT2D eigenvalue weighted by Crippen LogP contribution is 2.53. The Labute approximate surface area is 229 Å². The number of hydrogen-bond acceptors (Lipinski definition) is 5. The minimum atomic E-state index is -0.559. The molecule has 5 aliphatic rings. The first-order valence-corrected chi connectivity index (χ1v) is 15.1. The van der Waals surface area contributed by atoms with Crippen LogP contribution in [0.5, 0.6) is 0 Å². The van der Waals surface area contributed by atoms with Crippen LogP contribution < -0.4 is 16.0 Å². The Bertz CT molecular complexity index is 888. The summed E-state index contributed by atoms with van der Waals surface area (Å²) in [6, 6.07) is 0.200. The average Bonchev–Trinajstić information content (AvgIpc) is 3.36. The molecule has 5 fully saturated rings. The number of nitrogens with one attached hydrogen (secondary N) is 4. The van der Waals surface area contributed by atoms with Gasteiger partial charge in [0.1, 0.15) is 5.57 Å². The topological polar surface area (TPSA) is 103 Å². The lowest BCUT2D eigenvalue weighted by molar-refractivity contribution is -0.122. The van der Waals surface area contributed by atoms with Crippen molar-refractivity contribution in [2.75, 3.05) is 6.61 Å². The van der Waals surface area contributed by atoms with Gasteiger partial charge in [0, 0.05) is 24.9 Å². The molecule has 5 aliphatic carbocycles. The third-order valence-electron chi connectivity index (χ3n) is 9.15. The summed E-state index contributed by atoms with van der Waals surface area (Å²) in [7, 11) is 0. The van der Waals surface area contributed by atoms with Gasteiger partial charge in [0.2, 0.25) is 11.8 Å². The highest BCUT2D eigenvalue weighted by atomic mass is 16.5. The molecule has 5 saturated carbocycles. The third kappa shape index (κ3) is 7.63. The lowest BCUT2D eigenvalue weighted by atomic mass is 9.54. The Morgan fingerprint density at radius 2 is 1.66 bits per heavy atom. The van der Waals surface area contributed by atoms with Crippen molar-refractivity contribution >= 4 is 18.0 Å². The van der Waals surface area contributed by atoms with Gasteiger partial charge >= 0.3 is 0 Å². The van der Waals surface area contributed by atoms with Crippen LogP contribution in [0, 0.1) is 40.9 Å². The van der Waals surface area contributed by atoms with Gasteiger partial charge in [-0.15, -0.1) is 0 Å². The SMILES string of the molecule is CC(C)CO/C(N/C=C/C(C)(C)NC(=O)CCC1CCCC1)=C(/C=N)C(=O)NC1C2CC3CC(C2)CC1C3. The number of rotatable bonds is 13. The van der Waals surface area contributed by atoms with E-state index in [4.69, 9.17) is 10.1 Å². The van der Waals surface area contributed by atoms with Crippen LogP contribution in [-0.4, -0.2) is 36.2 Å². The van der Waals surface area contributed by atoms with Crippen molar-refractivity contribution in [2.45, 2.75) is 110 Å². The van der Waals surface area contributed by atoms with E-state index in [2.05, 4.69) is 29.8 Å². The van der Waals surface area contributed by atoms with E-state index >= 15 is 0 Å². The highest BCUT2D eigenvalue weighted by Gasteiger charge is 2.48. The Morgan fingerprint density at radius 1 is 1.03 bits per heavy atom. The van der Waals surface area contributed by atoms with Crippen molar-refractivity contribution in [1.29, 1.82) is 5.41 Å². The first-order valence-electron chi connectivity index (χ1n) is 15.1. The molecule has 4 bridgehead atoms. The van der Waals surface area contributed by atoms with Gasteiger partial charge < -0.3 is 26.1 Å². The zero-order chi connectivity index (χ0) is 27.3. The molecular formula is C31H50N4O3. The largest absolute Gasteiger partial charge is 0.478 e. The van der Waals surface area contributed by atoms with Crippen molar-refractivity contribution in [3.05, 3.63) is 23.7 Å². The molecule has 7 heteroatoms. The quantitative estimate of drug-likeness (QED) is 0.146. The van der Waals surface area contributed by atoms with E-state index in [1.165, 1.54) is 57.8 Å². The van der Waals surface area contributed by atoms with Gasteiger partial charge in [-0.2, -0.15) is 0 Å². The van der Waals surface area contributed by atoms with Crippen molar-refractivity contribution in [2.24, 2.45) is 35.5 Å². The predicted octanol–water partition coefficient (Wildman–Crippen LogP) is 5.43. The van der Waals surface area contributed by atoms with Crippen LogP contribution >= 0.6 is 0 Å². The molecule has 38 heavy (non-hydrogen) atoms. The minimum absolute atomic E-state index is 0.0635. The van der Waals surface area contributed by atoms with Crippen LogP contribution in [0.1, 0.15) is 98.3 Å². The second kappa shape index (κ2) is 12.7. The van der Waals surface area contributed by atoms with Gasteiger partial charge in [-0.1, -0.05) is 39.5 Å². The molecule has 0 radical (unpaired) electrons. The van der Waals surface area contributed by atoms with Crippen LogP contribution in [0.25, 0.3) is 0 Å². The molecule has 0 aromatic rings. The molecule has 0 aromatic carbocycles. The fourth-order valence-corrected chi connectivity index (χ4v) is 7.49. The number of carbonyl (C=O) groups is 2. The standard InChI is InChI=1S/C31H50N4O3/c1-20(2)19-38-30(33-12-11-31(3,4)35-27(36)10-9-21-7-5-6-8-21)26(18-32)29(37)34-28-24-14-22-13-23(16-24)17-25(28)15-22/h11-12,18,20-25,28,32-33H,5-10,13-17,19H2,1-4H3,(H,34,37)(H,35,36)/b12-11+,30-26-,32-18?. The molecule has 0 aliphatic heterocycles. The van der Waals surface area contributed by atoms with Gasteiger partial charge in [-0.3, -0.25) is 9.59 Å². The summed E-state index contributed by atoms with van der Waals surface area (Å²) >= 11 is 0. The fraction of sp³-hybridized carbons (Fsp3) is 0.774. The lowest BCUT2D eigenvalue weighted by Crippen LogP contribution is -2.56. The normalized spacial score (nSPS) is 29.4. The molecule has 212 valence electrons. The van der Waals surface area contributed by atoms with Gasteiger partial charge in [0.15, 0.2) is 0 Å². The van der Waals surface area contributed by atoms with Crippen LogP contribution in [0.15, 0.2) is 23.7 Å². The Morgan fingerprint density at radius 3 is 2.24 bits per heavy atom. The Kier molecular flexibility index (Phi) is 9.59. The highest BCUT2D eigenvalue weighted by molar-refractivity contribution is 6.11. The molecule has 5 rings (SSSR count). The predicted molar refractivity (Wildman–Crippen MR) is 151 cm³/mol. The van der Waals surface area contributed by atoms with Crippen LogP contribution in [0.4, 0.5) is 0 Å². The number of hydrogen-bond donors (Lipinski definition) is 4. The van der Waals surface area contributed by atoms with Gasteiger partial charge in [0.05, 0.1) is 12.1 Å². The molecular weight excluding hydrogens is 476 g/mol. The van der Waals surface area contributed by atoms with Crippen LogP contribution in [-0.2, 0) is 14.3 Å². The summed E-state index contributed by atoms with van der Waals surface area (Å²) in [6.45, 7) is 8.44. The summed E-state index contributed by atoms with van der Waals surface area (Å²) < 4.78 is 5.99. The first-order chi connectivity index (χ1) is 18.1. The van der Waals surface area contributed by atoms with Crippen molar-refractivity contribution in [3.63, 3.8) is 0 Å². The van der Waals surface area contributed by atoms with Gasteiger partial charge in [-0.25, -0.2) is 0 Å².